The van der Waals surface area contributed by atoms with Crippen molar-refractivity contribution in [1.29, 1.82) is 0 Å². The summed E-state index contributed by atoms with van der Waals surface area (Å²) in [6.45, 7) is 3.84. The van der Waals surface area contributed by atoms with Gasteiger partial charge in [0.25, 0.3) is 0 Å². The molecule has 3 aromatic rings. The maximum atomic E-state index is 13.1. The van der Waals surface area contributed by atoms with Crippen LogP contribution in [0, 0.1) is 5.82 Å². The highest BCUT2D eigenvalue weighted by Gasteiger charge is 2.34. The zero-order chi connectivity index (χ0) is 24.1. The lowest BCUT2D eigenvalue weighted by Gasteiger charge is -2.30. The molecule has 0 saturated carbocycles. The van der Waals surface area contributed by atoms with E-state index in [0.717, 1.165) is 5.56 Å². The number of urea groups is 1. The predicted molar refractivity (Wildman–Crippen MR) is 126 cm³/mol. The zero-order valence-corrected chi connectivity index (χ0v) is 18.9. The maximum Gasteiger partial charge on any atom is 0.338 e. The SMILES string of the molecule is CC(C)OC(=O)C1=C(c2ccccc2)NC(=O)NC1c1ccc(OCc2ccc(F)cc2)cc1. The van der Waals surface area contributed by atoms with Gasteiger partial charge in [-0.15, -0.1) is 0 Å². The van der Waals surface area contributed by atoms with Gasteiger partial charge in [0.1, 0.15) is 18.2 Å². The fourth-order valence-electron chi connectivity index (χ4n) is 3.65. The second-order valence-corrected chi connectivity index (χ2v) is 8.12. The molecule has 1 aliphatic heterocycles. The fraction of sp³-hybridized carbons (Fsp3) is 0.185. The number of amides is 2. The highest BCUT2D eigenvalue weighted by Crippen LogP contribution is 2.33. The first-order valence-corrected chi connectivity index (χ1v) is 11.0. The number of halogens is 1. The van der Waals surface area contributed by atoms with Crippen molar-refractivity contribution in [1.82, 2.24) is 10.6 Å². The minimum Gasteiger partial charge on any atom is -0.489 e. The second-order valence-electron chi connectivity index (χ2n) is 8.12. The van der Waals surface area contributed by atoms with Crippen molar-refractivity contribution < 1.29 is 23.5 Å². The normalized spacial score (nSPS) is 15.5. The maximum absolute atomic E-state index is 13.1. The minimum absolute atomic E-state index is 0.285. The molecular weight excluding hydrogens is 435 g/mol. The van der Waals surface area contributed by atoms with Crippen molar-refractivity contribution in [2.75, 3.05) is 0 Å². The van der Waals surface area contributed by atoms with Crippen LogP contribution in [0.3, 0.4) is 0 Å². The van der Waals surface area contributed by atoms with Crippen molar-refractivity contribution in [3.05, 3.63) is 107 Å². The van der Waals surface area contributed by atoms with Crippen LogP contribution in [0.15, 0.2) is 84.4 Å². The smallest absolute Gasteiger partial charge is 0.338 e. The van der Waals surface area contributed by atoms with Gasteiger partial charge in [-0.1, -0.05) is 54.6 Å². The summed E-state index contributed by atoms with van der Waals surface area (Å²) in [4.78, 5) is 25.6. The third-order valence-electron chi connectivity index (χ3n) is 5.23. The lowest BCUT2D eigenvalue weighted by atomic mass is 9.92. The number of hydrogen-bond donors (Lipinski definition) is 2. The number of rotatable bonds is 7. The highest BCUT2D eigenvalue weighted by molar-refractivity contribution is 6.04. The van der Waals surface area contributed by atoms with E-state index in [4.69, 9.17) is 9.47 Å². The molecule has 0 radical (unpaired) electrons. The standard InChI is InChI=1S/C27H25FN2O4/c1-17(2)34-26(31)23-24(19-6-4-3-5-7-19)29-27(32)30-25(23)20-10-14-22(15-11-20)33-16-18-8-12-21(28)13-9-18/h3-15,17,25H,16H2,1-2H3,(H2,29,30,32). The van der Waals surface area contributed by atoms with Crippen LogP contribution in [-0.4, -0.2) is 18.1 Å². The van der Waals surface area contributed by atoms with Crippen molar-refractivity contribution >= 4 is 17.7 Å². The van der Waals surface area contributed by atoms with E-state index < -0.39 is 18.0 Å². The molecule has 3 aromatic carbocycles. The molecule has 2 amide bonds. The lowest BCUT2D eigenvalue weighted by molar-refractivity contribution is -0.143. The molecule has 6 nitrogen and oxygen atoms in total. The molecule has 0 saturated heterocycles. The van der Waals surface area contributed by atoms with Crippen LogP contribution in [0.2, 0.25) is 0 Å². The van der Waals surface area contributed by atoms with Gasteiger partial charge in [-0.2, -0.15) is 0 Å². The Hall–Kier alpha value is -4.13. The van der Waals surface area contributed by atoms with Crippen molar-refractivity contribution in [3.8, 4) is 5.75 Å². The molecule has 1 aliphatic rings. The highest BCUT2D eigenvalue weighted by atomic mass is 19.1. The first-order valence-electron chi connectivity index (χ1n) is 11.0. The van der Waals surface area contributed by atoms with Crippen molar-refractivity contribution in [2.24, 2.45) is 0 Å². The molecule has 1 unspecified atom stereocenters. The number of esters is 1. The first kappa shape index (κ1) is 23.0. The summed E-state index contributed by atoms with van der Waals surface area (Å²) in [6.07, 6.45) is -0.322. The number of nitrogens with one attached hydrogen (secondary N) is 2. The number of carbonyl (C=O) groups excluding carboxylic acids is 2. The Morgan fingerprint density at radius 1 is 0.971 bits per heavy atom. The average Bonchev–Trinajstić information content (AvgIpc) is 2.83. The van der Waals surface area contributed by atoms with Crippen LogP contribution in [0.25, 0.3) is 5.70 Å². The Morgan fingerprint density at radius 3 is 2.29 bits per heavy atom. The summed E-state index contributed by atoms with van der Waals surface area (Å²) in [5.41, 5.74) is 2.98. The van der Waals surface area contributed by atoms with E-state index in [0.29, 0.717) is 28.1 Å². The third kappa shape index (κ3) is 5.43. The monoisotopic (exact) mass is 460 g/mol. The topological polar surface area (TPSA) is 76.7 Å². The van der Waals surface area contributed by atoms with Crippen LogP contribution >= 0.6 is 0 Å². The van der Waals surface area contributed by atoms with Crippen LogP contribution in [0.1, 0.15) is 36.6 Å². The van der Waals surface area contributed by atoms with Gasteiger partial charge in [0.15, 0.2) is 0 Å². The van der Waals surface area contributed by atoms with Crippen molar-refractivity contribution in [2.45, 2.75) is 32.6 Å². The van der Waals surface area contributed by atoms with Crippen LogP contribution in [0.4, 0.5) is 9.18 Å². The summed E-state index contributed by atoms with van der Waals surface area (Å²) >= 11 is 0. The van der Waals surface area contributed by atoms with E-state index in [1.165, 1.54) is 12.1 Å². The summed E-state index contributed by atoms with van der Waals surface area (Å²) in [6, 6.07) is 21.3. The van der Waals surface area contributed by atoms with Gasteiger partial charge in [0, 0.05) is 0 Å². The molecule has 0 spiro atoms. The Labute approximate surface area is 197 Å². The Bertz CT molecular complexity index is 1190. The molecule has 1 heterocycles. The van der Waals surface area contributed by atoms with E-state index in [1.807, 2.05) is 30.3 Å². The quantitative estimate of drug-likeness (QED) is 0.480. The van der Waals surface area contributed by atoms with Gasteiger partial charge >= 0.3 is 12.0 Å². The number of hydrogen-bond acceptors (Lipinski definition) is 4. The van der Waals surface area contributed by atoms with Crippen molar-refractivity contribution in [3.63, 3.8) is 0 Å². The fourth-order valence-corrected chi connectivity index (χ4v) is 3.65. The van der Waals surface area contributed by atoms with E-state index in [1.54, 1.807) is 50.2 Å². The molecule has 34 heavy (non-hydrogen) atoms. The van der Waals surface area contributed by atoms with Gasteiger partial charge in [0.2, 0.25) is 0 Å². The Morgan fingerprint density at radius 2 is 1.65 bits per heavy atom. The predicted octanol–water partition coefficient (Wildman–Crippen LogP) is 5.12. The number of benzene rings is 3. The molecule has 0 fully saturated rings. The van der Waals surface area contributed by atoms with Gasteiger partial charge in [-0.25, -0.2) is 14.0 Å². The molecular formula is C27H25FN2O4. The van der Waals surface area contributed by atoms with Crippen LogP contribution in [-0.2, 0) is 16.1 Å². The zero-order valence-electron chi connectivity index (χ0n) is 18.9. The van der Waals surface area contributed by atoms with Gasteiger partial charge in [-0.05, 0) is 54.8 Å². The number of ether oxygens (including phenoxy) is 2. The second kappa shape index (κ2) is 10.2. The molecule has 0 aliphatic carbocycles. The van der Waals surface area contributed by atoms with E-state index in [9.17, 15) is 14.0 Å². The van der Waals surface area contributed by atoms with Gasteiger partial charge in [-0.3, -0.25) is 0 Å². The number of carbonyl (C=O) groups is 2. The largest absolute Gasteiger partial charge is 0.489 e. The molecule has 7 heteroatoms. The summed E-state index contributed by atoms with van der Waals surface area (Å²) in [7, 11) is 0. The van der Waals surface area contributed by atoms with Gasteiger partial charge < -0.3 is 20.1 Å². The summed E-state index contributed by atoms with van der Waals surface area (Å²) in [5, 5.41) is 5.60. The average molecular weight is 461 g/mol. The molecule has 4 rings (SSSR count). The summed E-state index contributed by atoms with van der Waals surface area (Å²) in [5.74, 6) is -0.207. The van der Waals surface area contributed by atoms with Gasteiger partial charge in [0.05, 0.1) is 23.4 Å². The lowest BCUT2D eigenvalue weighted by Crippen LogP contribution is -2.45. The Balaban J connectivity index is 1.63. The summed E-state index contributed by atoms with van der Waals surface area (Å²) < 4.78 is 24.4. The first-order chi connectivity index (χ1) is 16.4. The minimum atomic E-state index is -0.707. The molecule has 174 valence electrons. The third-order valence-corrected chi connectivity index (χ3v) is 5.23. The van der Waals surface area contributed by atoms with Crippen LogP contribution in [0.5, 0.6) is 5.75 Å². The molecule has 0 bridgehead atoms. The Kier molecular flexibility index (Phi) is 6.92. The van der Waals surface area contributed by atoms with E-state index >= 15 is 0 Å². The molecule has 0 aromatic heterocycles. The van der Waals surface area contributed by atoms with E-state index in [2.05, 4.69) is 10.6 Å². The van der Waals surface area contributed by atoms with E-state index in [-0.39, 0.29) is 18.5 Å². The molecule has 1 atom stereocenters. The van der Waals surface area contributed by atoms with Crippen LogP contribution < -0.4 is 15.4 Å². The molecule has 2 N–H and O–H groups in total.